The van der Waals surface area contributed by atoms with Gasteiger partial charge in [0, 0.05) is 47.6 Å². The lowest BCUT2D eigenvalue weighted by Crippen LogP contribution is -2.86. The Balaban J connectivity index is 0.000000785. The van der Waals surface area contributed by atoms with Crippen LogP contribution in [0.15, 0.2) is 54.6 Å². The molecule has 0 aliphatic rings. The monoisotopic (exact) mass is 423 g/mol. The van der Waals surface area contributed by atoms with Crippen LogP contribution in [0.1, 0.15) is 40.2 Å². The summed E-state index contributed by atoms with van der Waals surface area (Å²) in [5, 5.41) is 12.7. The molecule has 0 fully saturated rings. The van der Waals surface area contributed by atoms with Crippen molar-refractivity contribution >= 4 is 16.9 Å². The van der Waals surface area contributed by atoms with Crippen LogP contribution in [0, 0.1) is 0 Å². The number of nitrogens with one attached hydrogen (secondary N) is 1. The highest BCUT2D eigenvalue weighted by Gasteiger charge is 2.15. The largest absolute Gasteiger partial charge is 0.550 e. The third kappa shape index (κ3) is 7.53. The molecule has 2 aromatic carbocycles. The minimum absolute atomic E-state index is 0.608. The lowest BCUT2D eigenvalue weighted by Gasteiger charge is -2.29. The molecule has 3 rings (SSSR count). The number of nitrogens with two attached hydrogens (primary N) is 1. The molecule has 168 valence electrons. The van der Waals surface area contributed by atoms with Crippen molar-refractivity contribution in [2.75, 3.05) is 19.6 Å². The number of para-hydroxylation sites is 1. The predicted molar refractivity (Wildman–Crippen MR) is 127 cm³/mol. The van der Waals surface area contributed by atoms with E-state index in [0.29, 0.717) is 12.1 Å². The van der Waals surface area contributed by atoms with Gasteiger partial charge in [0.25, 0.3) is 0 Å². The van der Waals surface area contributed by atoms with Crippen molar-refractivity contribution in [3.8, 4) is 11.3 Å². The average Bonchev–Trinajstić information content (AvgIpc) is 3.09. The number of hydrogen-bond donors (Lipinski definition) is 2. The number of carboxylic acids is 1. The molecule has 0 saturated carbocycles. The normalized spacial score (nSPS) is 11.2. The Morgan fingerprint density at radius 2 is 1.55 bits per heavy atom. The second-order valence-electron chi connectivity index (χ2n) is 8.42. The van der Waals surface area contributed by atoms with Gasteiger partial charge < -0.3 is 20.2 Å². The molecule has 5 heteroatoms. The molecular formula is C26H37N3O2. The van der Waals surface area contributed by atoms with Gasteiger partial charge in [0.15, 0.2) is 0 Å². The molecule has 0 saturated heterocycles. The maximum Gasteiger partial charge on any atom is 0.0884 e. The second kappa shape index (κ2) is 12.3. The van der Waals surface area contributed by atoms with Crippen LogP contribution < -0.4 is 10.4 Å². The van der Waals surface area contributed by atoms with Crippen LogP contribution in [0.4, 0.5) is 0 Å². The van der Waals surface area contributed by atoms with E-state index in [1.165, 1.54) is 27.7 Å². The summed E-state index contributed by atoms with van der Waals surface area (Å²) < 4.78 is 0. The first-order chi connectivity index (χ1) is 14.8. The molecule has 31 heavy (non-hydrogen) atoms. The molecule has 0 radical (unpaired) electrons. The molecule has 0 bridgehead atoms. The fraction of sp³-hybridized carbons (Fsp3) is 0.423. The fourth-order valence-corrected chi connectivity index (χ4v) is 4.05. The van der Waals surface area contributed by atoms with Gasteiger partial charge in [-0.1, -0.05) is 48.5 Å². The summed E-state index contributed by atoms with van der Waals surface area (Å²) in [6.07, 6.45) is 1.08. The van der Waals surface area contributed by atoms with E-state index in [-0.39, 0.29) is 0 Å². The van der Waals surface area contributed by atoms with Crippen molar-refractivity contribution in [3.05, 3.63) is 60.2 Å². The van der Waals surface area contributed by atoms with Gasteiger partial charge in [0.2, 0.25) is 0 Å². The van der Waals surface area contributed by atoms with Gasteiger partial charge in [-0.25, -0.2) is 0 Å². The maximum atomic E-state index is 8.89. The van der Waals surface area contributed by atoms with Crippen LogP contribution in [0.3, 0.4) is 0 Å². The fourth-order valence-electron chi connectivity index (χ4n) is 4.05. The minimum Gasteiger partial charge on any atom is -0.550 e. The van der Waals surface area contributed by atoms with E-state index in [9.17, 15) is 0 Å². The molecular weight excluding hydrogens is 386 g/mol. The Labute approximate surface area is 186 Å². The highest BCUT2D eigenvalue weighted by atomic mass is 16.4. The number of carboxylic acid groups (broad SMARTS) is 1. The SMILES string of the molecule is CC(=O)[O-].CC(C)N(CC[NH2+]CCc1c(-c2ccccc2)[nH]c2ccccc12)C(C)C. The zero-order valence-corrected chi connectivity index (χ0v) is 19.5. The zero-order valence-electron chi connectivity index (χ0n) is 19.5. The van der Waals surface area contributed by atoms with E-state index in [1.807, 2.05) is 0 Å². The number of quaternary nitrogens is 1. The third-order valence-corrected chi connectivity index (χ3v) is 5.39. The third-order valence-electron chi connectivity index (χ3n) is 5.39. The molecule has 1 aromatic heterocycles. The van der Waals surface area contributed by atoms with Gasteiger partial charge in [-0.3, -0.25) is 4.90 Å². The molecule has 0 aliphatic heterocycles. The van der Waals surface area contributed by atoms with Gasteiger partial charge in [-0.05, 0) is 51.8 Å². The van der Waals surface area contributed by atoms with Gasteiger partial charge in [-0.2, -0.15) is 0 Å². The Bertz CT molecular complexity index is 920. The molecule has 0 aliphatic carbocycles. The number of aliphatic carboxylic acids is 1. The van der Waals surface area contributed by atoms with Gasteiger partial charge >= 0.3 is 0 Å². The highest BCUT2D eigenvalue weighted by Crippen LogP contribution is 2.30. The average molecular weight is 424 g/mol. The molecule has 5 nitrogen and oxygen atoms in total. The first-order valence-corrected chi connectivity index (χ1v) is 11.2. The molecule has 0 atom stereocenters. The van der Waals surface area contributed by atoms with Crippen molar-refractivity contribution in [1.82, 2.24) is 9.88 Å². The number of rotatable bonds is 9. The smallest absolute Gasteiger partial charge is 0.0884 e. The Kier molecular flexibility index (Phi) is 9.76. The standard InChI is InChI=1S/C24H33N3.C2H4O2/c1-18(2)27(19(3)4)17-16-25-15-14-22-21-12-8-9-13-23(21)26-24(22)20-10-6-5-7-11-20;1-2(3)4/h5-13,18-19,25-26H,14-17H2,1-4H3;1H3,(H,3,4). The molecule has 1 heterocycles. The van der Waals surface area contributed by atoms with E-state index in [0.717, 1.165) is 33.0 Å². The summed E-state index contributed by atoms with van der Waals surface area (Å²) in [7, 11) is 0. The second-order valence-corrected chi connectivity index (χ2v) is 8.42. The Hall–Kier alpha value is -2.63. The van der Waals surface area contributed by atoms with Crippen molar-refractivity contribution in [3.63, 3.8) is 0 Å². The summed E-state index contributed by atoms with van der Waals surface area (Å²) in [6, 6.07) is 20.6. The minimum atomic E-state index is -1.08. The zero-order chi connectivity index (χ0) is 22.8. The van der Waals surface area contributed by atoms with E-state index in [2.05, 4.69) is 97.5 Å². The topological polar surface area (TPSA) is 75.8 Å². The van der Waals surface area contributed by atoms with Crippen molar-refractivity contribution in [2.45, 2.75) is 53.1 Å². The Morgan fingerprint density at radius 3 is 2.16 bits per heavy atom. The van der Waals surface area contributed by atoms with Gasteiger partial charge in [0.1, 0.15) is 0 Å². The van der Waals surface area contributed by atoms with Gasteiger partial charge in [-0.15, -0.1) is 0 Å². The van der Waals surface area contributed by atoms with Gasteiger partial charge in [0.05, 0.1) is 13.1 Å². The first kappa shape index (κ1) is 24.6. The van der Waals surface area contributed by atoms with Crippen molar-refractivity contribution < 1.29 is 15.2 Å². The van der Waals surface area contributed by atoms with Crippen LogP contribution in [0.25, 0.3) is 22.2 Å². The number of H-pyrrole nitrogens is 1. The molecule has 0 unspecified atom stereocenters. The number of fused-ring (bicyclic) bond motifs is 1. The maximum absolute atomic E-state index is 8.89. The molecule has 3 aromatic rings. The lowest BCUT2D eigenvalue weighted by molar-refractivity contribution is -0.654. The van der Waals surface area contributed by atoms with Crippen molar-refractivity contribution in [2.24, 2.45) is 0 Å². The van der Waals surface area contributed by atoms with Crippen LogP contribution in [0.2, 0.25) is 0 Å². The first-order valence-electron chi connectivity index (χ1n) is 11.2. The molecule has 3 N–H and O–H groups in total. The number of aromatic nitrogens is 1. The van der Waals surface area contributed by atoms with E-state index < -0.39 is 5.97 Å². The summed E-state index contributed by atoms with van der Waals surface area (Å²) in [6.45, 7) is 13.5. The lowest BCUT2D eigenvalue weighted by atomic mass is 10.0. The number of hydrogen-bond acceptors (Lipinski definition) is 3. The number of benzene rings is 2. The van der Waals surface area contributed by atoms with Crippen molar-refractivity contribution in [1.29, 1.82) is 0 Å². The van der Waals surface area contributed by atoms with Crippen LogP contribution in [0.5, 0.6) is 0 Å². The number of nitrogens with zero attached hydrogens (tertiary/aromatic N) is 1. The molecule has 0 amide bonds. The summed E-state index contributed by atoms with van der Waals surface area (Å²) in [5.41, 5.74) is 5.22. The van der Waals surface area contributed by atoms with Crippen LogP contribution in [-0.4, -0.2) is 47.6 Å². The number of aromatic amines is 1. The van der Waals surface area contributed by atoms with E-state index >= 15 is 0 Å². The number of carbonyl (C=O) groups is 1. The van der Waals surface area contributed by atoms with E-state index in [4.69, 9.17) is 9.90 Å². The summed E-state index contributed by atoms with van der Waals surface area (Å²) >= 11 is 0. The highest BCUT2D eigenvalue weighted by molar-refractivity contribution is 5.90. The summed E-state index contributed by atoms with van der Waals surface area (Å²) in [5.74, 6) is -1.08. The predicted octanol–water partition coefficient (Wildman–Crippen LogP) is 2.82. The Morgan fingerprint density at radius 1 is 0.968 bits per heavy atom. The molecule has 0 spiro atoms. The summed E-state index contributed by atoms with van der Waals surface area (Å²) in [4.78, 5) is 15.1. The van der Waals surface area contributed by atoms with Crippen LogP contribution >= 0.6 is 0 Å². The number of carbonyl (C=O) groups excluding carboxylic acids is 1. The quantitative estimate of drug-likeness (QED) is 0.520. The van der Waals surface area contributed by atoms with Crippen LogP contribution in [-0.2, 0) is 11.2 Å². The van der Waals surface area contributed by atoms with E-state index in [1.54, 1.807) is 0 Å².